The summed E-state index contributed by atoms with van der Waals surface area (Å²) >= 11 is 6.32. The molecule has 1 aromatic carbocycles. The van der Waals surface area contributed by atoms with Crippen LogP contribution in [0.3, 0.4) is 0 Å². The van der Waals surface area contributed by atoms with Crippen LogP contribution >= 0.6 is 11.6 Å². The van der Waals surface area contributed by atoms with Gasteiger partial charge in [0.05, 0.1) is 6.54 Å². The standard InChI is InChI=1S/C19H23ClN6O2/c1-5-8-12(2)22-23-18-21-16-15(17(27)25(4)19(28)24(16)3)26(18)11-13-9-6-7-10-14(13)20/h6-7,9-10H,5,8,11H2,1-4H3,(H,21,23)/b22-12+. The van der Waals surface area contributed by atoms with Gasteiger partial charge >= 0.3 is 5.69 Å². The van der Waals surface area contributed by atoms with Gasteiger partial charge in [0.25, 0.3) is 5.56 Å². The van der Waals surface area contributed by atoms with Crippen molar-refractivity contribution in [1.29, 1.82) is 0 Å². The topological polar surface area (TPSA) is 86.2 Å². The van der Waals surface area contributed by atoms with Crippen LogP contribution < -0.4 is 16.7 Å². The summed E-state index contributed by atoms with van der Waals surface area (Å²) in [5.74, 6) is 0.378. The van der Waals surface area contributed by atoms with E-state index in [0.29, 0.717) is 28.7 Å². The minimum absolute atomic E-state index is 0.297. The van der Waals surface area contributed by atoms with E-state index in [4.69, 9.17) is 11.6 Å². The monoisotopic (exact) mass is 402 g/mol. The molecule has 1 N–H and O–H groups in total. The predicted molar refractivity (Wildman–Crippen MR) is 112 cm³/mol. The van der Waals surface area contributed by atoms with Crippen LogP contribution in [0, 0.1) is 0 Å². The van der Waals surface area contributed by atoms with Crippen molar-refractivity contribution in [2.45, 2.75) is 33.2 Å². The quantitative estimate of drug-likeness (QED) is 0.507. The zero-order chi connectivity index (χ0) is 20.4. The highest BCUT2D eigenvalue weighted by Gasteiger charge is 2.19. The Bertz CT molecular complexity index is 1170. The molecule has 0 aliphatic carbocycles. The van der Waals surface area contributed by atoms with Gasteiger partial charge in [-0.15, -0.1) is 0 Å². The van der Waals surface area contributed by atoms with Crippen LogP contribution in [0.4, 0.5) is 5.95 Å². The molecule has 148 valence electrons. The number of anilines is 1. The SMILES string of the molecule is CCC/C(C)=N/Nc1nc2c(c(=O)n(C)c(=O)n2C)n1Cc1ccccc1Cl. The Morgan fingerprint density at radius 3 is 2.61 bits per heavy atom. The summed E-state index contributed by atoms with van der Waals surface area (Å²) < 4.78 is 4.14. The normalized spacial score (nSPS) is 12.0. The maximum Gasteiger partial charge on any atom is 0.332 e. The molecule has 0 bridgehead atoms. The zero-order valence-electron chi connectivity index (χ0n) is 16.4. The van der Waals surface area contributed by atoms with E-state index < -0.39 is 11.2 Å². The van der Waals surface area contributed by atoms with Gasteiger partial charge in [0, 0.05) is 24.8 Å². The number of nitrogens with one attached hydrogen (secondary N) is 1. The number of halogens is 1. The molecule has 0 saturated carbocycles. The highest BCUT2D eigenvalue weighted by Crippen LogP contribution is 2.22. The highest BCUT2D eigenvalue weighted by molar-refractivity contribution is 6.31. The largest absolute Gasteiger partial charge is 0.332 e. The Labute approximate surface area is 167 Å². The predicted octanol–water partition coefficient (Wildman–Crippen LogP) is 2.72. The first-order valence-corrected chi connectivity index (χ1v) is 9.41. The smallest absolute Gasteiger partial charge is 0.298 e. The second-order valence-corrected chi connectivity index (χ2v) is 7.11. The van der Waals surface area contributed by atoms with E-state index in [1.807, 2.05) is 25.1 Å². The lowest BCUT2D eigenvalue weighted by molar-refractivity contribution is 0.702. The molecule has 0 aliphatic heterocycles. The molecule has 3 aromatic rings. The van der Waals surface area contributed by atoms with Crippen molar-refractivity contribution in [3.8, 4) is 0 Å². The first kappa shape index (κ1) is 19.9. The molecule has 0 atom stereocenters. The van der Waals surface area contributed by atoms with E-state index in [1.54, 1.807) is 17.7 Å². The third-order valence-corrected chi connectivity index (χ3v) is 4.96. The minimum Gasteiger partial charge on any atom is -0.298 e. The van der Waals surface area contributed by atoms with E-state index in [0.717, 1.165) is 28.7 Å². The molecule has 0 fully saturated rings. The van der Waals surface area contributed by atoms with Gasteiger partial charge < -0.3 is 0 Å². The number of hydrogen-bond donors (Lipinski definition) is 1. The zero-order valence-corrected chi connectivity index (χ0v) is 17.1. The molecule has 8 nitrogen and oxygen atoms in total. The van der Waals surface area contributed by atoms with Gasteiger partial charge in [-0.3, -0.25) is 18.5 Å². The number of benzene rings is 1. The molecule has 0 aliphatic rings. The molecule has 2 heterocycles. The molecule has 0 spiro atoms. The van der Waals surface area contributed by atoms with Crippen LogP contribution in [0.25, 0.3) is 11.2 Å². The molecule has 9 heteroatoms. The van der Waals surface area contributed by atoms with E-state index in [-0.39, 0.29) is 0 Å². The van der Waals surface area contributed by atoms with Crippen LogP contribution in [-0.4, -0.2) is 24.4 Å². The molecule has 0 amide bonds. The molecule has 0 radical (unpaired) electrons. The summed E-state index contributed by atoms with van der Waals surface area (Å²) in [4.78, 5) is 29.6. The maximum atomic E-state index is 12.8. The third kappa shape index (κ3) is 3.60. The van der Waals surface area contributed by atoms with Crippen LogP contribution in [0.5, 0.6) is 0 Å². The van der Waals surface area contributed by atoms with Crippen molar-refractivity contribution < 1.29 is 0 Å². The summed E-state index contributed by atoms with van der Waals surface area (Å²) in [5, 5.41) is 4.95. The van der Waals surface area contributed by atoms with Gasteiger partial charge in [0.2, 0.25) is 5.95 Å². The third-order valence-electron chi connectivity index (χ3n) is 4.59. The fourth-order valence-electron chi connectivity index (χ4n) is 3.05. The van der Waals surface area contributed by atoms with E-state index >= 15 is 0 Å². The molecular weight excluding hydrogens is 380 g/mol. The van der Waals surface area contributed by atoms with E-state index in [9.17, 15) is 9.59 Å². The number of rotatable bonds is 6. The van der Waals surface area contributed by atoms with Gasteiger partial charge in [0.1, 0.15) is 0 Å². The number of fused-ring (bicyclic) bond motifs is 1. The molecule has 0 saturated heterocycles. The van der Waals surface area contributed by atoms with Crippen LogP contribution in [-0.2, 0) is 20.6 Å². The maximum absolute atomic E-state index is 12.8. The Kier molecular flexibility index (Phi) is 5.69. The summed E-state index contributed by atoms with van der Waals surface area (Å²) in [6.45, 7) is 4.31. The Balaban J connectivity index is 2.23. The van der Waals surface area contributed by atoms with Crippen molar-refractivity contribution in [2.75, 3.05) is 5.43 Å². The van der Waals surface area contributed by atoms with Crippen molar-refractivity contribution in [2.24, 2.45) is 19.2 Å². The van der Waals surface area contributed by atoms with Gasteiger partial charge in [-0.2, -0.15) is 10.1 Å². The number of nitrogens with zero attached hydrogens (tertiary/aromatic N) is 5. The summed E-state index contributed by atoms with van der Waals surface area (Å²) in [5.41, 5.74) is 4.46. The second kappa shape index (κ2) is 8.02. The number of hydrazone groups is 1. The van der Waals surface area contributed by atoms with Gasteiger partial charge in [0.15, 0.2) is 11.2 Å². The number of hydrogen-bond acceptors (Lipinski definition) is 5. The molecular formula is C19H23ClN6O2. The van der Waals surface area contributed by atoms with Crippen LogP contribution in [0.15, 0.2) is 39.0 Å². The van der Waals surface area contributed by atoms with Crippen molar-refractivity contribution in [3.63, 3.8) is 0 Å². The average Bonchev–Trinajstić information content (AvgIpc) is 3.03. The summed E-state index contributed by atoms with van der Waals surface area (Å²) in [6, 6.07) is 7.40. The van der Waals surface area contributed by atoms with Gasteiger partial charge in [-0.05, 0) is 25.0 Å². The van der Waals surface area contributed by atoms with Gasteiger partial charge in [-0.1, -0.05) is 43.1 Å². The lowest BCUT2D eigenvalue weighted by atomic mass is 10.2. The number of aromatic nitrogens is 4. The fraction of sp³-hybridized carbons (Fsp3) is 0.368. The second-order valence-electron chi connectivity index (χ2n) is 6.70. The first-order valence-electron chi connectivity index (χ1n) is 9.04. The summed E-state index contributed by atoms with van der Waals surface area (Å²) in [7, 11) is 3.04. The average molecular weight is 403 g/mol. The van der Waals surface area contributed by atoms with Crippen LogP contribution in [0.1, 0.15) is 32.3 Å². The Morgan fingerprint density at radius 2 is 1.93 bits per heavy atom. The van der Waals surface area contributed by atoms with Crippen LogP contribution in [0.2, 0.25) is 5.02 Å². The van der Waals surface area contributed by atoms with E-state index in [1.165, 1.54) is 11.6 Å². The molecule has 0 unspecified atom stereocenters. The molecule has 3 rings (SSSR count). The fourth-order valence-corrected chi connectivity index (χ4v) is 3.24. The Morgan fingerprint density at radius 1 is 1.21 bits per heavy atom. The van der Waals surface area contributed by atoms with E-state index in [2.05, 4.69) is 22.4 Å². The number of aryl methyl sites for hydroxylation is 1. The Hall–Kier alpha value is -2.87. The first-order chi connectivity index (χ1) is 13.3. The van der Waals surface area contributed by atoms with Crippen molar-refractivity contribution in [3.05, 3.63) is 55.7 Å². The summed E-state index contributed by atoms with van der Waals surface area (Å²) in [6.07, 6.45) is 1.82. The molecule has 2 aromatic heterocycles. The minimum atomic E-state index is -0.433. The lowest BCUT2D eigenvalue weighted by Gasteiger charge is -2.11. The highest BCUT2D eigenvalue weighted by atomic mass is 35.5. The van der Waals surface area contributed by atoms with Crippen molar-refractivity contribution in [1.82, 2.24) is 18.7 Å². The van der Waals surface area contributed by atoms with Crippen molar-refractivity contribution >= 4 is 34.4 Å². The molecule has 28 heavy (non-hydrogen) atoms. The lowest BCUT2D eigenvalue weighted by Crippen LogP contribution is -2.37. The van der Waals surface area contributed by atoms with Gasteiger partial charge in [-0.25, -0.2) is 10.2 Å². The number of imidazole rings is 1.